The first-order chi connectivity index (χ1) is 10.1. The van der Waals surface area contributed by atoms with Crippen LogP contribution in [0.15, 0.2) is 41.0 Å². The summed E-state index contributed by atoms with van der Waals surface area (Å²) in [5.74, 6) is 1.81. The van der Waals surface area contributed by atoms with Gasteiger partial charge in [0.15, 0.2) is 0 Å². The van der Waals surface area contributed by atoms with Crippen LogP contribution < -0.4 is 0 Å². The standard InChI is InChI=1S/C16H16Cl2N2O/c1-10(8-13-4-3-7-21-13)20-15-6-5-12(18)9-14(15)19-16(20)11(2)17/h3-7,9-11H,8H2,1-2H3. The number of aromatic nitrogens is 2. The molecule has 110 valence electrons. The maximum Gasteiger partial charge on any atom is 0.127 e. The van der Waals surface area contributed by atoms with E-state index in [4.69, 9.17) is 27.6 Å². The van der Waals surface area contributed by atoms with Gasteiger partial charge in [-0.1, -0.05) is 11.6 Å². The van der Waals surface area contributed by atoms with Crippen LogP contribution in [0.1, 0.15) is 36.9 Å². The smallest absolute Gasteiger partial charge is 0.127 e. The van der Waals surface area contributed by atoms with Gasteiger partial charge < -0.3 is 8.98 Å². The third kappa shape index (κ3) is 2.81. The molecule has 0 aliphatic carbocycles. The highest BCUT2D eigenvalue weighted by atomic mass is 35.5. The Bertz CT molecular complexity index is 747. The minimum atomic E-state index is -0.171. The van der Waals surface area contributed by atoms with Crippen molar-refractivity contribution in [2.45, 2.75) is 31.7 Å². The van der Waals surface area contributed by atoms with Gasteiger partial charge in [-0.05, 0) is 44.2 Å². The number of alkyl halides is 1. The molecule has 0 saturated heterocycles. The molecule has 2 heterocycles. The second-order valence-electron chi connectivity index (χ2n) is 5.22. The molecule has 2 unspecified atom stereocenters. The summed E-state index contributed by atoms with van der Waals surface area (Å²) >= 11 is 12.4. The number of halogens is 2. The Morgan fingerprint density at radius 1 is 1.29 bits per heavy atom. The van der Waals surface area contributed by atoms with Crippen molar-refractivity contribution in [3.8, 4) is 0 Å². The van der Waals surface area contributed by atoms with Gasteiger partial charge in [0.05, 0.1) is 22.7 Å². The molecule has 0 aliphatic heterocycles. The van der Waals surface area contributed by atoms with Gasteiger partial charge in [0.1, 0.15) is 11.6 Å². The summed E-state index contributed by atoms with van der Waals surface area (Å²) in [6.07, 6.45) is 2.48. The van der Waals surface area contributed by atoms with Crippen molar-refractivity contribution >= 4 is 34.2 Å². The minimum absolute atomic E-state index is 0.171. The van der Waals surface area contributed by atoms with Crippen molar-refractivity contribution in [2.24, 2.45) is 0 Å². The first-order valence-corrected chi connectivity index (χ1v) is 7.71. The lowest BCUT2D eigenvalue weighted by molar-refractivity contribution is 0.447. The first kappa shape index (κ1) is 14.5. The van der Waals surface area contributed by atoms with Crippen LogP contribution >= 0.6 is 23.2 Å². The van der Waals surface area contributed by atoms with Crippen LogP contribution in [0.3, 0.4) is 0 Å². The number of imidazole rings is 1. The van der Waals surface area contributed by atoms with Crippen LogP contribution in [0, 0.1) is 0 Å². The molecule has 0 saturated carbocycles. The first-order valence-electron chi connectivity index (χ1n) is 6.90. The van der Waals surface area contributed by atoms with Crippen LogP contribution in [0.5, 0.6) is 0 Å². The number of hydrogen-bond donors (Lipinski definition) is 0. The fraction of sp³-hybridized carbons (Fsp3) is 0.312. The topological polar surface area (TPSA) is 31.0 Å². The molecule has 2 atom stereocenters. The molecule has 0 N–H and O–H groups in total. The van der Waals surface area contributed by atoms with E-state index in [1.54, 1.807) is 6.26 Å². The molecule has 0 bridgehead atoms. The highest BCUT2D eigenvalue weighted by Crippen LogP contribution is 2.30. The summed E-state index contributed by atoms with van der Waals surface area (Å²) in [5.41, 5.74) is 1.91. The highest BCUT2D eigenvalue weighted by molar-refractivity contribution is 6.31. The van der Waals surface area contributed by atoms with E-state index in [0.29, 0.717) is 5.02 Å². The summed E-state index contributed by atoms with van der Waals surface area (Å²) in [6, 6.07) is 9.82. The van der Waals surface area contributed by atoms with Gasteiger partial charge in [-0.25, -0.2) is 4.98 Å². The zero-order chi connectivity index (χ0) is 15.0. The summed E-state index contributed by atoms with van der Waals surface area (Å²) in [4.78, 5) is 4.64. The molecular weight excluding hydrogens is 307 g/mol. The average molecular weight is 323 g/mol. The third-order valence-electron chi connectivity index (χ3n) is 3.55. The monoisotopic (exact) mass is 322 g/mol. The van der Waals surface area contributed by atoms with Crippen LogP contribution in [-0.2, 0) is 6.42 Å². The molecule has 0 amide bonds. The lowest BCUT2D eigenvalue weighted by Crippen LogP contribution is -2.12. The van der Waals surface area contributed by atoms with E-state index in [1.807, 2.05) is 37.3 Å². The Hall–Kier alpha value is -1.45. The maximum atomic E-state index is 6.31. The fourth-order valence-corrected chi connectivity index (χ4v) is 2.97. The summed E-state index contributed by atoms with van der Waals surface area (Å²) < 4.78 is 7.62. The lowest BCUT2D eigenvalue weighted by atomic mass is 10.1. The number of benzene rings is 1. The number of fused-ring (bicyclic) bond motifs is 1. The predicted octanol–water partition coefficient (Wildman–Crippen LogP) is 5.39. The number of furan rings is 1. The normalized spacial score (nSPS) is 14.5. The second-order valence-corrected chi connectivity index (χ2v) is 6.31. The minimum Gasteiger partial charge on any atom is -0.469 e. The van der Waals surface area contributed by atoms with Gasteiger partial charge in [0.2, 0.25) is 0 Å². The predicted molar refractivity (Wildman–Crippen MR) is 86.1 cm³/mol. The molecule has 3 rings (SSSR count). The number of nitrogens with zero attached hydrogens (tertiary/aromatic N) is 2. The van der Waals surface area contributed by atoms with Gasteiger partial charge >= 0.3 is 0 Å². The third-order valence-corrected chi connectivity index (χ3v) is 3.98. The molecular formula is C16H16Cl2N2O. The summed E-state index contributed by atoms with van der Waals surface area (Å²) in [6.45, 7) is 4.07. The van der Waals surface area contributed by atoms with E-state index in [0.717, 1.165) is 29.0 Å². The zero-order valence-corrected chi connectivity index (χ0v) is 13.4. The highest BCUT2D eigenvalue weighted by Gasteiger charge is 2.20. The summed E-state index contributed by atoms with van der Waals surface area (Å²) in [5, 5.41) is 0.509. The molecule has 3 aromatic rings. The molecule has 0 aliphatic rings. The van der Waals surface area contributed by atoms with E-state index in [-0.39, 0.29) is 11.4 Å². The van der Waals surface area contributed by atoms with Crippen molar-refractivity contribution in [1.29, 1.82) is 0 Å². The molecule has 5 heteroatoms. The quantitative estimate of drug-likeness (QED) is 0.603. The van der Waals surface area contributed by atoms with Gasteiger partial charge in [0.25, 0.3) is 0 Å². The van der Waals surface area contributed by atoms with Crippen molar-refractivity contribution in [2.75, 3.05) is 0 Å². The SMILES string of the molecule is CC(Cl)c1nc2cc(Cl)ccc2n1C(C)Cc1ccco1. The Morgan fingerprint density at radius 2 is 2.10 bits per heavy atom. The second kappa shape index (κ2) is 5.74. The number of hydrogen-bond acceptors (Lipinski definition) is 2. The largest absolute Gasteiger partial charge is 0.469 e. The van der Waals surface area contributed by atoms with Gasteiger partial charge in [-0.3, -0.25) is 0 Å². The van der Waals surface area contributed by atoms with Gasteiger partial charge in [-0.2, -0.15) is 0 Å². The Kier molecular flexibility index (Phi) is 3.96. The molecule has 1 aromatic carbocycles. The summed E-state index contributed by atoms with van der Waals surface area (Å²) in [7, 11) is 0. The zero-order valence-electron chi connectivity index (χ0n) is 11.9. The van der Waals surface area contributed by atoms with Crippen LogP contribution in [-0.4, -0.2) is 9.55 Å². The van der Waals surface area contributed by atoms with Gasteiger partial charge in [0, 0.05) is 17.5 Å². The van der Waals surface area contributed by atoms with E-state index >= 15 is 0 Å². The van der Waals surface area contributed by atoms with Crippen LogP contribution in [0.2, 0.25) is 5.02 Å². The molecule has 3 nitrogen and oxygen atoms in total. The van der Waals surface area contributed by atoms with E-state index < -0.39 is 0 Å². The van der Waals surface area contributed by atoms with Gasteiger partial charge in [-0.15, -0.1) is 11.6 Å². The van der Waals surface area contributed by atoms with Crippen molar-refractivity contribution < 1.29 is 4.42 Å². The fourth-order valence-electron chi connectivity index (χ4n) is 2.65. The van der Waals surface area contributed by atoms with Crippen molar-refractivity contribution in [3.05, 3.63) is 53.2 Å². The average Bonchev–Trinajstić information content (AvgIpc) is 3.04. The van der Waals surface area contributed by atoms with Crippen molar-refractivity contribution in [3.63, 3.8) is 0 Å². The van der Waals surface area contributed by atoms with E-state index in [2.05, 4.69) is 16.5 Å². The molecule has 0 fully saturated rings. The van der Waals surface area contributed by atoms with Crippen LogP contribution in [0.4, 0.5) is 0 Å². The number of rotatable bonds is 4. The van der Waals surface area contributed by atoms with Crippen LogP contribution in [0.25, 0.3) is 11.0 Å². The Morgan fingerprint density at radius 3 is 2.76 bits per heavy atom. The molecule has 0 spiro atoms. The van der Waals surface area contributed by atoms with Crippen molar-refractivity contribution in [1.82, 2.24) is 9.55 Å². The maximum absolute atomic E-state index is 6.31. The van der Waals surface area contributed by atoms with E-state index in [1.165, 1.54) is 0 Å². The van der Waals surface area contributed by atoms with E-state index in [9.17, 15) is 0 Å². The Balaban J connectivity index is 2.08. The molecule has 21 heavy (non-hydrogen) atoms. The molecule has 2 aromatic heterocycles. The molecule has 0 radical (unpaired) electrons. The lowest BCUT2D eigenvalue weighted by Gasteiger charge is -2.17. The Labute approximate surface area is 133 Å².